The Bertz CT molecular complexity index is 670. The quantitative estimate of drug-likeness (QED) is 0.764. The van der Waals surface area contributed by atoms with Gasteiger partial charge in [0.05, 0.1) is 11.7 Å². The highest BCUT2D eigenvalue weighted by Crippen LogP contribution is 2.27. The van der Waals surface area contributed by atoms with Crippen LogP contribution in [0.3, 0.4) is 0 Å². The summed E-state index contributed by atoms with van der Waals surface area (Å²) in [4.78, 5) is 0. The average molecular weight is 332 g/mol. The first kappa shape index (κ1) is 17.3. The van der Waals surface area contributed by atoms with E-state index in [9.17, 15) is 15.5 Å². The van der Waals surface area contributed by atoms with Gasteiger partial charge in [0.1, 0.15) is 24.5 Å². The standard InChI is InChI=1S/C18H18ClNO3/c19-9-8-16(21)18(22)14-6-7-15(11-20)17(10-14)23-12-13-4-2-1-3-5-13/h1-7,10,16,18,21-22H,8-9,12H2. The van der Waals surface area contributed by atoms with E-state index < -0.39 is 12.2 Å². The molecule has 2 atom stereocenters. The van der Waals surface area contributed by atoms with E-state index >= 15 is 0 Å². The molecule has 5 heteroatoms. The van der Waals surface area contributed by atoms with E-state index in [2.05, 4.69) is 6.07 Å². The highest BCUT2D eigenvalue weighted by atomic mass is 35.5. The first-order valence-electron chi connectivity index (χ1n) is 7.28. The highest BCUT2D eigenvalue weighted by molar-refractivity contribution is 6.17. The molecule has 23 heavy (non-hydrogen) atoms. The molecular weight excluding hydrogens is 314 g/mol. The largest absolute Gasteiger partial charge is 0.488 e. The minimum absolute atomic E-state index is 0.256. The topological polar surface area (TPSA) is 73.5 Å². The normalized spacial score (nSPS) is 13.1. The van der Waals surface area contributed by atoms with Crippen LogP contribution in [0.1, 0.15) is 29.2 Å². The maximum absolute atomic E-state index is 10.1. The molecule has 0 amide bonds. The molecule has 0 heterocycles. The molecule has 2 N–H and O–H groups in total. The Balaban J connectivity index is 2.17. The molecule has 0 saturated carbocycles. The summed E-state index contributed by atoms with van der Waals surface area (Å²) in [5.41, 5.74) is 1.85. The number of alkyl halides is 1. The summed E-state index contributed by atoms with van der Waals surface area (Å²) < 4.78 is 5.70. The SMILES string of the molecule is N#Cc1ccc(C(O)C(O)CCCl)cc1OCc1ccccc1. The van der Waals surface area contributed by atoms with E-state index in [1.54, 1.807) is 18.2 Å². The number of ether oxygens (including phenoxy) is 1. The molecule has 2 aromatic carbocycles. The zero-order valence-electron chi connectivity index (χ0n) is 12.5. The van der Waals surface area contributed by atoms with E-state index in [1.165, 1.54) is 0 Å². The Morgan fingerprint density at radius 1 is 1.13 bits per heavy atom. The molecule has 0 saturated heterocycles. The van der Waals surface area contributed by atoms with Crippen molar-refractivity contribution in [3.63, 3.8) is 0 Å². The van der Waals surface area contributed by atoms with Crippen LogP contribution in [0.4, 0.5) is 0 Å². The molecule has 0 aromatic heterocycles. The minimum atomic E-state index is -1.07. The Kier molecular flexibility index (Phi) is 6.42. The van der Waals surface area contributed by atoms with Gasteiger partial charge in [0.15, 0.2) is 0 Å². The first-order valence-corrected chi connectivity index (χ1v) is 7.82. The van der Waals surface area contributed by atoms with Crippen LogP contribution in [0, 0.1) is 11.3 Å². The number of nitrogens with zero attached hydrogens (tertiary/aromatic N) is 1. The molecule has 0 aliphatic carbocycles. The van der Waals surface area contributed by atoms with Crippen LogP contribution in [-0.4, -0.2) is 22.2 Å². The van der Waals surface area contributed by atoms with Crippen LogP contribution < -0.4 is 4.74 Å². The van der Waals surface area contributed by atoms with Crippen LogP contribution in [0.2, 0.25) is 0 Å². The lowest BCUT2D eigenvalue weighted by Crippen LogP contribution is -2.18. The van der Waals surface area contributed by atoms with Crippen molar-refractivity contribution in [2.75, 3.05) is 5.88 Å². The zero-order valence-corrected chi connectivity index (χ0v) is 13.3. The van der Waals surface area contributed by atoms with Crippen molar-refractivity contribution < 1.29 is 14.9 Å². The fourth-order valence-electron chi connectivity index (χ4n) is 2.16. The van der Waals surface area contributed by atoms with Gasteiger partial charge in [-0.25, -0.2) is 0 Å². The van der Waals surface area contributed by atoms with E-state index in [4.69, 9.17) is 16.3 Å². The van der Waals surface area contributed by atoms with Gasteiger partial charge >= 0.3 is 0 Å². The van der Waals surface area contributed by atoms with Gasteiger partial charge in [-0.3, -0.25) is 0 Å². The van der Waals surface area contributed by atoms with Crippen molar-refractivity contribution in [3.8, 4) is 11.8 Å². The van der Waals surface area contributed by atoms with Crippen LogP contribution in [-0.2, 0) is 6.61 Å². The minimum Gasteiger partial charge on any atom is -0.488 e. The number of rotatable bonds is 7. The van der Waals surface area contributed by atoms with Crippen molar-refractivity contribution in [2.45, 2.75) is 25.2 Å². The summed E-state index contributed by atoms with van der Waals surface area (Å²) in [6, 6.07) is 16.4. The van der Waals surface area contributed by atoms with Crippen LogP contribution >= 0.6 is 11.6 Å². The second-order valence-corrected chi connectivity index (χ2v) is 5.51. The lowest BCUT2D eigenvalue weighted by molar-refractivity contribution is 0.0168. The Morgan fingerprint density at radius 2 is 1.87 bits per heavy atom. The molecule has 0 spiro atoms. The molecule has 2 unspecified atom stereocenters. The number of aliphatic hydroxyl groups excluding tert-OH is 2. The lowest BCUT2D eigenvalue weighted by atomic mass is 10.0. The second kappa shape index (κ2) is 8.54. The number of benzene rings is 2. The molecule has 0 bridgehead atoms. The number of hydrogen-bond acceptors (Lipinski definition) is 4. The lowest BCUT2D eigenvalue weighted by Gasteiger charge is -2.18. The van der Waals surface area contributed by atoms with Gasteiger partial charge in [0, 0.05) is 5.88 Å². The summed E-state index contributed by atoms with van der Waals surface area (Å²) >= 11 is 5.59. The average Bonchev–Trinajstić information content (AvgIpc) is 2.60. The molecule has 0 aliphatic rings. The van der Waals surface area contributed by atoms with Crippen molar-refractivity contribution >= 4 is 11.6 Å². The summed E-state index contributed by atoms with van der Waals surface area (Å²) in [5, 5.41) is 29.2. The van der Waals surface area contributed by atoms with E-state index in [-0.39, 0.29) is 12.3 Å². The van der Waals surface area contributed by atoms with Gasteiger partial charge in [-0.15, -0.1) is 11.6 Å². The van der Waals surface area contributed by atoms with Crippen LogP contribution in [0.25, 0.3) is 0 Å². The van der Waals surface area contributed by atoms with Crippen LogP contribution in [0.15, 0.2) is 48.5 Å². The molecule has 2 aromatic rings. The zero-order chi connectivity index (χ0) is 16.7. The molecular formula is C18H18ClNO3. The van der Waals surface area contributed by atoms with Gasteiger partial charge in [0.25, 0.3) is 0 Å². The monoisotopic (exact) mass is 331 g/mol. The van der Waals surface area contributed by atoms with Gasteiger partial charge in [-0.1, -0.05) is 36.4 Å². The van der Waals surface area contributed by atoms with Gasteiger partial charge in [0.2, 0.25) is 0 Å². The predicted molar refractivity (Wildman–Crippen MR) is 88.2 cm³/mol. The van der Waals surface area contributed by atoms with Crippen molar-refractivity contribution in [3.05, 3.63) is 65.2 Å². The van der Waals surface area contributed by atoms with Crippen molar-refractivity contribution in [1.82, 2.24) is 0 Å². The van der Waals surface area contributed by atoms with Crippen LogP contribution in [0.5, 0.6) is 5.75 Å². The molecule has 4 nitrogen and oxygen atoms in total. The van der Waals surface area contributed by atoms with E-state index in [1.807, 2.05) is 30.3 Å². The number of hydrogen-bond donors (Lipinski definition) is 2. The highest BCUT2D eigenvalue weighted by Gasteiger charge is 2.19. The van der Waals surface area contributed by atoms with Gasteiger partial charge in [-0.2, -0.15) is 5.26 Å². The number of halogens is 1. The van der Waals surface area contributed by atoms with E-state index in [0.29, 0.717) is 23.5 Å². The molecule has 0 radical (unpaired) electrons. The predicted octanol–water partition coefficient (Wildman–Crippen LogP) is 3.16. The maximum atomic E-state index is 10.1. The van der Waals surface area contributed by atoms with Gasteiger partial charge < -0.3 is 14.9 Å². The Hall–Kier alpha value is -2.06. The summed E-state index contributed by atoms with van der Waals surface area (Å²) in [7, 11) is 0. The Morgan fingerprint density at radius 3 is 2.52 bits per heavy atom. The maximum Gasteiger partial charge on any atom is 0.137 e. The van der Waals surface area contributed by atoms with Crippen molar-refractivity contribution in [2.24, 2.45) is 0 Å². The molecule has 0 fully saturated rings. The third kappa shape index (κ3) is 4.70. The molecule has 120 valence electrons. The number of nitriles is 1. The third-order valence-corrected chi connectivity index (χ3v) is 3.69. The fraction of sp³-hybridized carbons (Fsp3) is 0.278. The smallest absolute Gasteiger partial charge is 0.137 e. The van der Waals surface area contributed by atoms with E-state index in [0.717, 1.165) is 5.56 Å². The summed E-state index contributed by atoms with van der Waals surface area (Å²) in [6.07, 6.45) is -1.74. The fourth-order valence-corrected chi connectivity index (χ4v) is 2.39. The number of aliphatic hydroxyl groups is 2. The first-order chi connectivity index (χ1) is 11.2. The van der Waals surface area contributed by atoms with Gasteiger partial charge in [-0.05, 0) is 29.7 Å². The molecule has 0 aliphatic heterocycles. The Labute approximate surface area is 140 Å². The third-order valence-electron chi connectivity index (χ3n) is 3.47. The second-order valence-electron chi connectivity index (χ2n) is 5.13. The molecule has 2 rings (SSSR count). The summed E-state index contributed by atoms with van der Waals surface area (Å²) in [6.45, 7) is 0.319. The summed E-state index contributed by atoms with van der Waals surface area (Å²) in [5.74, 6) is 0.636. The van der Waals surface area contributed by atoms with Crippen molar-refractivity contribution in [1.29, 1.82) is 5.26 Å².